The Labute approximate surface area is 140 Å². The van der Waals surface area contributed by atoms with Crippen LogP contribution in [0.15, 0.2) is 27.6 Å². The van der Waals surface area contributed by atoms with E-state index in [9.17, 15) is 8.42 Å². The van der Waals surface area contributed by atoms with Crippen molar-refractivity contribution in [2.75, 3.05) is 26.7 Å². The lowest BCUT2D eigenvalue weighted by atomic mass is 10.1. The van der Waals surface area contributed by atoms with E-state index >= 15 is 0 Å². The number of benzene rings is 1. The maximum absolute atomic E-state index is 12.2. The van der Waals surface area contributed by atoms with E-state index in [1.807, 2.05) is 0 Å². The summed E-state index contributed by atoms with van der Waals surface area (Å²) in [6, 6.07) is 4.75. The molecule has 1 unspecified atom stereocenters. The van der Waals surface area contributed by atoms with E-state index in [4.69, 9.17) is 4.74 Å². The average molecular weight is 400 g/mol. The van der Waals surface area contributed by atoms with Crippen LogP contribution in [0.1, 0.15) is 12.8 Å². The quantitative estimate of drug-likeness (QED) is 0.769. The molecule has 5 nitrogen and oxygen atoms in total. The van der Waals surface area contributed by atoms with E-state index in [0.717, 1.165) is 30.4 Å². The highest BCUT2D eigenvalue weighted by Crippen LogP contribution is 2.27. The molecule has 2 rings (SSSR count). The molecule has 0 amide bonds. The maximum Gasteiger partial charge on any atom is 0.240 e. The Bertz CT molecular complexity index is 563. The van der Waals surface area contributed by atoms with Gasteiger partial charge in [-0.15, -0.1) is 12.4 Å². The van der Waals surface area contributed by atoms with Crippen LogP contribution in [0.3, 0.4) is 0 Å². The van der Waals surface area contributed by atoms with E-state index in [1.54, 1.807) is 12.1 Å². The summed E-state index contributed by atoms with van der Waals surface area (Å²) in [5.74, 6) is 1.07. The molecular weight excluding hydrogens is 380 g/mol. The van der Waals surface area contributed by atoms with Crippen LogP contribution in [-0.2, 0) is 10.0 Å². The van der Waals surface area contributed by atoms with Crippen molar-refractivity contribution >= 4 is 38.4 Å². The Kier molecular flexibility index (Phi) is 7.42. The second-order valence-corrected chi connectivity index (χ2v) is 7.46. The average Bonchev–Trinajstić information content (AvgIpc) is 2.92. The van der Waals surface area contributed by atoms with Crippen LogP contribution in [-0.4, -0.2) is 35.2 Å². The largest absolute Gasteiger partial charge is 0.496 e. The van der Waals surface area contributed by atoms with Crippen LogP contribution in [0, 0.1) is 5.92 Å². The first-order valence-corrected chi connectivity index (χ1v) is 8.84. The summed E-state index contributed by atoms with van der Waals surface area (Å²) in [5.41, 5.74) is 0. The number of sulfonamides is 1. The topological polar surface area (TPSA) is 67.4 Å². The molecule has 1 heterocycles. The lowest BCUT2D eigenvalue weighted by molar-refractivity contribution is 0.410. The fourth-order valence-corrected chi connectivity index (χ4v) is 3.72. The predicted molar refractivity (Wildman–Crippen MR) is 88.7 cm³/mol. The summed E-state index contributed by atoms with van der Waals surface area (Å²) < 4.78 is 32.9. The molecule has 0 saturated carbocycles. The Hall–Kier alpha value is -0.340. The van der Waals surface area contributed by atoms with E-state index in [-0.39, 0.29) is 17.3 Å². The fourth-order valence-electron chi connectivity index (χ4n) is 2.25. The molecule has 0 aromatic heterocycles. The van der Waals surface area contributed by atoms with Gasteiger partial charge in [0.1, 0.15) is 5.75 Å². The van der Waals surface area contributed by atoms with Gasteiger partial charge in [0.15, 0.2) is 0 Å². The highest BCUT2D eigenvalue weighted by Gasteiger charge is 2.18. The SMILES string of the molecule is COc1cc(S(=O)(=O)NCCC2CCNC2)ccc1Br.Cl. The summed E-state index contributed by atoms with van der Waals surface area (Å²) in [6.45, 7) is 2.47. The molecule has 1 atom stereocenters. The third kappa shape index (κ3) is 5.10. The Morgan fingerprint density at radius 2 is 2.24 bits per heavy atom. The van der Waals surface area contributed by atoms with Gasteiger partial charge < -0.3 is 10.1 Å². The van der Waals surface area contributed by atoms with Crippen molar-refractivity contribution < 1.29 is 13.2 Å². The number of methoxy groups -OCH3 is 1. The summed E-state index contributed by atoms with van der Waals surface area (Å²) in [5, 5.41) is 3.27. The molecule has 120 valence electrons. The lowest BCUT2D eigenvalue weighted by Crippen LogP contribution is -2.26. The van der Waals surface area contributed by atoms with E-state index in [0.29, 0.717) is 18.2 Å². The Morgan fingerprint density at radius 1 is 1.48 bits per heavy atom. The van der Waals surface area contributed by atoms with Gasteiger partial charge in [0.2, 0.25) is 10.0 Å². The van der Waals surface area contributed by atoms with Gasteiger partial charge in [0.05, 0.1) is 16.5 Å². The van der Waals surface area contributed by atoms with Gasteiger partial charge in [-0.05, 0) is 59.9 Å². The zero-order chi connectivity index (χ0) is 14.6. The second kappa shape index (κ2) is 8.33. The standard InChI is InChI=1S/C13H19BrN2O3S.ClH/c1-19-13-8-11(2-3-12(13)14)20(17,18)16-7-5-10-4-6-15-9-10;/h2-3,8,10,15-16H,4-7,9H2,1H3;1H. The molecular formula is C13H20BrClN2O3S. The van der Waals surface area contributed by atoms with Crippen molar-refractivity contribution in [3.63, 3.8) is 0 Å². The Morgan fingerprint density at radius 3 is 2.86 bits per heavy atom. The second-order valence-electron chi connectivity index (χ2n) is 4.84. The van der Waals surface area contributed by atoms with E-state index < -0.39 is 10.0 Å². The van der Waals surface area contributed by atoms with Crippen molar-refractivity contribution in [3.8, 4) is 5.75 Å². The minimum atomic E-state index is -3.47. The van der Waals surface area contributed by atoms with Gasteiger partial charge in [-0.3, -0.25) is 0 Å². The number of hydrogen-bond acceptors (Lipinski definition) is 4. The molecule has 0 radical (unpaired) electrons. The third-order valence-corrected chi connectivity index (χ3v) is 5.55. The number of hydrogen-bond donors (Lipinski definition) is 2. The van der Waals surface area contributed by atoms with Gasteiger partial charge >= 0.3 is 0 Å². The first-order valence-electron chi connectivity index (χ1n) is 6.57. The number of halogens is 2. The van der Waals surface area contributed by atoms with Crippen LogP contribution in [0.25, 0.3) is 0 Å². The lowest BCUT2D eigenvalue weighted by Gasteiger charge is -2.11. The fraction of sp³-hybridized carbons (Fsp3) is 0.538. The van der Waals surface area contributed by atoms with Crippen LogP contribution in [0.5, 0.6) is 5.75 Å². The van der Waals surface area contributed by atoms with Crippen molar-refractivity contribution in [2.24, 2.45) is 5.92 Å². The third-order valence-electron chi connectivity index (χ3n) is 3.44. The smallest absolute Gasteiger partial charge is 0.240 e. The normalized spacial score (nSPS) is 18.3. The van der Waals surface area contributed by atoms with Crippen molar-refractivity contribution in [1.82, 2.24) is 10.0 Å². The van der Waals surface area contributed by atoms with Crippen LogP contribution in [0.2, 0.25) is 0 Å². The van der Waals surface area contributed by atoms with Crippen molar-refractivity contribution in [2.45, 2.75) is 17.7 Å². The van der Waals surface area contributed by atoms with Gasteiger partial charge in [-0.2, -0.15) is 0 Å². The molecule has 0 spiro atoms. The molecule has 0 bridgehead atoms. The van der Waals surface area contributed by atoms with Crippen molar-refractivity contribution in [3.05, 3.63) is 22.7 Å². The van der Waals surface area contributed by atoms with Gasteiger partial charge in [0, 0.05) is 12.6 Å². The number of ether oxygens (including phenoxy) is 1. The molecule has 1 saturated heterocycles. The molecule has 8 heteroatoms. The van der Waals surface area contributed by atoms with Gasteiger partial charge in [-0.1, -0.05) is 0 Å². The highest BCUT2D eigenvalue weighted by atomic mass is 79.9. The zero-order valence-corrected chi connectivity index (χ0v) is 15.0. The van der Waals surface area contributed by atoms with Crippen molar-refractivity contribution in [1.29, 1.82) is 0 Å². The number of rotatable bonds is 6. The first-order chi connectivity index (χ1) is 9.53. The minimum absolute atomic E-state index is 0. The molecule has 1 aromatic rings. The van der Waals surface area contributed by atoms with E-state index in [2.05, 4.69) is 26.0 Å². The molecule has 1 aliphatic heterocycles. The van der Waals surface area contributed by atoms with E-state index in [1.165, 1.54) is 13.2 Å². The molecule has 1 aromatic carbocycles. The Balaban J connectivity index is 0.00000220. The number of nitrogens with one attached hydrogen (secondary N) is 2. The summed E-state index contributed by atoms with van der Waals surface area (Å²) in [4.78, 5) is 0.224. The molecule has 1 fully saturated rings. The first kappa shape index (κ1) is 18.7. The summed E-state index contributed by atoms with van der Waals surface area (Å²) in [6.07, 6.45) is 1.98. The molecule has 21 heavy (non-hydrogen) atoms. The van der Waals surface area contributed by atoms with Crippen LogP contribution < -0.4 is 14.8 Å². The predicted octanol–water partition coefficient (Wildman–Crippen LogP) is 2.16. The zero-order valence-electron chi connectivity index (χ0n) is 11.8. The molecule has 0 aliphatic carbocycles. The summed E-state index contributed by atoms with van der Waals surface area (Å²) >= 11 is 3.31. The summed E-state index contributed by atoms with van der Waals surface area (Å²) in [7, 11) is -1.96. The monoisotopic (exact) mass is 398 g/mol. The minimum Gasteiger partial charge on any atom is -0.496 e. The van der Waals surface area contributed by atoms with Gasteiger partial charge in [-0.25, -0.2) is 13.1 Å². The maximum atomic E-state index is 12.2. The molecule has 2 N–H and O–H groups in total. The highest BCUT2D eigenvalue weighted by molar-refractivity contribution is 9.10. The van der Waals surface area contributed by atoms with Crippen LogP contribution >= 0.6 is 28.3 Å². The van der Waals surface area contributed by atoms with Gasteiger partial charge in [0.25, 0.3) is 0 Å². The molecule has 1 aliphatic rings. The van der Waals surface area contributed by atoms with Crippen LogP contribution in [0.4, 0.5) is 0 Å².